The van der Waals surface area contributed by atoms with Crippen LogP contribution >= 0.6 is 0 Å². The van der Waals surface area contributed by atoms with Crippen LogP contribution in [0.15, 0.2) is 12.1 Å². The predicted molar refractivity (Wildman–Crippen MR) is 26.2 cm³/mol. The van der Waals surface area contributed by atoms with Crippen molar-refractivity contribution in [3.05, 3.63) is 12.1 Å². The summed E-state index contributed by atoms with van der Waals surface area (Å²) in [6, 6.07) is 0. The quantitative estimate of drug-likeness (QED) is 0.469. The van der Waals surface area contributed by atoms with E-state index in [-0.39, 0.29) is 0 Å². The van der Waals surface area contributed by atoms with Gasteiger partial charge in [0.15, 0.2) is 0 Å². The molecule has 0 bridgehead atoms. The van der Waals surface area contributed by atoms with E-state index < -0.39 is 0 Å². The topological polar surface area (TPSA) is 33.3 Å². The van der Waals surface area contributed by atoms with Crippen LogP contribution in [0.5, 0.6) is 0 Å². The summed E-state index contributed by atoms with van der Waals surface area (Å²) in [7, 11) is 1.63. The van der Waals surface area contributed by atoms with Gasteiger partial charge in [-0.2, -0.15) is 0 Å². The molecular weight excluding hydrogens is 92.1 g/mol. The van der Waals surface area contributed by atoms with Crippen molar-refractivity contribution < 1.29 is 4.74 Å². The van der Waals surface area contributed by atoms with Crippen LogP contribution in [0.1, 0.15) is 0 Å². The van der Waals surface area contributed by atoms with E-state index in [1.54, 1.807) is 13.3 Å². The van der Waals surface area contributed by atoms with Gasteiger partial charge in [-0.25, -0.2) is 0 Å². The highest BCUT2D eigenvalue weighted by atomic mass is 16.5. The average molecular weight is 100 g/mol. The molecule has 40 valence electrons. The van der Waals surface area contributed by atoms with Crippen LogP contribution in [0.4, 0.5) is 0 Å². The van der Waals surface area contributed by atoms with Gasteiger partial charge in [-0.15, -0.1) is 0 Å². The molecule has 0 aromatic rings. The highest BCUT2D eigenvalue weighted by Gasteiger charge is 1.97. The standard InChI is InChI=1S/C4H8N2O/c1-7-4-2-5-3-6-4/h2,5-6H,3H2,1H3. The zero-order valence-electron chi connectivity index (χ0n) is 4.19. The molecule has 1 rings (SSSR count). The van der Waals surface area contributed by atoms with E-state index in [1.807, 2.05) is 0 Å². The van der Waals surface area contributed by atoms with E-state index in [0.29, 0.717) is 0 Å². The zero-order chi connectivity index (χ0) is 5.11. The van der Waals surface area contributed by atoms with Crippen molar-refractivity contribution in [2.75, 3.05) is 13.8 Å². The Morgan fingerprint density at radius 2 is 2.71 bits per heavy atom. The maximum Gasteiger partial charge on any atom is 0.204 e. The Hall–Kier alpha value is -0.860. The number of hydrogen-bond acceptors (Lipinski definition) is 3. The molecule has 0 saturated heterocycles. The van der Waals surface area contributed by atoms with Crippen molar-refractivity contribution in [1.29, 1.82) is 0 Å². The molecule has 0 aromatic carbocycles. The van der Waals surface area contributed by atoms with Gasteiger partial charge >= 0.3 is 0 Å². The van der Waals surface area contributed by atoms with Crippen LogP contribution < -0.4 is 10.6 Å². The molecule has 0 unspecified atom stereocenters. The van der Waals surface area contributed by atoms with Gasteiger partial charge in [-0.3, -0.25) is 0 Å². The molecule has 0 atom stereocenters. The molecular formula is C4H8N2O. The maximum atomic E-state index is 4.80. The molecule has 3 heteroatoms. The molecule has 0 saturated carbocycles. The summed E-state index contributed by atoms with van der Waals surface area (Å²) < 4.78 is 4.80. The highest BCUT2D eigenvalue weighted by molar-refractivity contribution is 4.93. The Bertz CT molecular complexity index is 89.7. The fourth-order valence-corrected chi connectivity index (χ4v) is 0.464. The molecule has 0 amide bonds. The first-order valence-corrected chi connectivity index (χ1v) is 2.15. The lowest BCUT2D eigenvalue weighted by molar-refractivity contribution is 0.270. The van der Waals surface area contributed by atoms with E-state index in [2.05, 4.69) is 10.6 Å². The second kappa shape index (κ2) is 1.73. The summed E-state index contributed by atoms with van der Waals surface area (Å²) in [5, 5.41) is 5.86. The Balaban J connectivity index is 2.36. The fourth-order valence-electron chi connectivity index (χ4n) is 0.464. The van der Waals surface area contributed by atoms with Gasteiger partial charge in [0.05, 0.1) is 20.0 Å². The van der Waals surface area contributed by atoms with Crippen LogP contribution in [0.3, 0.4) is 0 Å². The van der Waals surface area contributed by atoms with Gasteiger partial charge in [0.2, 0.25) is 5.88 Å². The third kappa shape index (κ3) is 0.765. The SMILES string of the molecule is COC1=CNCN1. The minimum atomic E-state index is 0.781. The number of nitrogens with one attached hydrogen (secondary N) is 2. The van der Waals surface area contributed by atoms with E-state index in [0.717, 1.165) is 12.6 Å². The van der Waals surface area contributed by atoms with Gasteiger partial charge in [-0.1, -0.05) is 0 Å². The first-order valence-electron chi connectivity index (χ1n) is 2.15. The lowest BCUT2D eigenvalue weighted by atomic mass is 10.9. The molecule has 0 aromatic heterocycles. The van der Waals surface area contributed by atoms with Crippen molar-refractivity contribution >= 4 is 0 Å². The molecule has 0 radical (unpaired) electrons. The summed E-state index contributed by atoms with van der Waals surface area (Å²) in [5.74, 6) is 0.806. The average Bonchev–Trinajstić information content (AvgIpc) is 2.14. The number of ether oxygens (including phenoxy) is 1. The second-order valence-corrected chi connectivity index (χ2v) is 1.27. The van der Waals surface area contributed by atoms with Gasteiger partial charge < -0.3 is 15.4 Å². The normalized spacial score (nSPS) is 17.0. The van der Waals surface area contributed by atoms with Crippen LogP contribution in [-0.4, -0.2) is 13.8 Å². The monoisotopic (exact) mass is 100 g/mol. The summed E-state index contributed by atoms with van der Waals surface area (Å²) in [6.45, 7) is 0.781. The molecule has 3 nitrogen and oxygen atoms in total. The van der Waals surface area contributed by atoms with E-state index in [1.165, 1.54) is 0 Å². The minimum absolute atomic E-state index is 0.781. The van der Waals surface area contributed by atoms with E-state index in [9.17, 15) is 0 Å². The van der Waals surface area contributed by atoms with E-state index >= 15 is 0 Å². The van der Waals surface area contributed by atoms with Crippen LogP contribution in [-0.2, 0) is 4.74 Å². The Kier molecular flexibility index (Phi) is 1.06. The van der Waals surface area contributed by atoms with Crippen molar-refractivity contribution in [1.82, 2.24) is 10.6 Å². The molecule has 1 heterocycles. The summed E-state index contributed by atoms with van der Waals surface area (Å²) in [4.78, 5) is 0. The Morgan fingerprint density at radius 1 is 1.86 bits per heavy atom. The molecule has 2 N–H and O–H groups in total. The number of methoxy groups -OCH3 is 1. The maximum absolute atomic E-state index is 4.80. The third-order valence-corrected chi connectivity index (χ3v) is 0.818. The Labute approximate surface area is 42.4 Å². The largest absolute Gasteiger partial charge is 0.481 e. The lowest BCUT2D eigenvalue weighted by Gasteiger charge is -1.96. The van der Waals surface area contributed by atoms with Gasteiger partial charge in [0.25, 0.3) is 0 Å². The van der Waals surface area contributed by atoms with Crippen molar-refractivity contribution in [2.24, 2.45) is 0 Å². The highest BCUT2D eigenvalue weighted by Crippen LogP contribution is 1.89. The van der Waals surface area contributed by atoms with E-state index in [4.69, 9.17) is 4.74 Å². The van der Waals surface area contributed by atoms with Crippen molar-refractivity contribution in [3.8, 4) is 0 Å². The number of rotatable bonds is 1. The lowest BCUT2D eigenvalue weighted by Crippen LogP contribution is -2.14. The molecule has 0 fully saturated rings. The van der Waals surface area contributed by atoms with Crippen molar-refractivity contribution in [2.45, 2.75) is 0 Å². The van der Waals surface area contributed by atoms with Gasteiger partial charge in [0, 0.05) is 0 Å². The van der Waals surface area contributed by atoms with Crippen LogP contribution in [0.25, 0.3) is 0 Å². The molecule has 1 aliphatic heterocycles. The summed E-state index contributed by atoms with van der Waals surface area (Å²) in [6.07, 6.45) is 1.79. The smallest absolute Gasteiger partial charge is 0.204 e. The fraction of sp³-hybridized carbons (Fsp3) is 0.500. The van der Waals surface area contributed by atoms with Crippen LogP contribution in [0.2, 0.25) is 0 Å². The van der Waals surface area contributed by atoms with Gasteiger partial charge in [0.1, 0.15) is 0 Å². The first kappa shape index (κ1) is 4.30. The second-order valence-electron chi connectivity index (χ2n) is 1.27. The Morgan fingerprint density at radius 3 is 3.00 bits per heavy atom. The van der Waals surface area contributed by atoms with Crippen molar-refractivity contribution in [3.63, 3.8) is 0 Å². The predicted octanol–water partition coefficient (Wildman–Crippen LogP) is -0.418. The minimum Gasteiger partial charge on any atom is -0.481 e. The summed E-state index contributed by atoms with van der Waals surface area (Å²) >= 11 is 0. The summed E-state index contributed by atoms with van der Waals surface area (Å²) in [5.41, 5.74) is 0. The molecule has 0 aliphatic carbocycles. The number of hydrogen-bond donors (Lipinski definition) is 2. The molecule has 1 aliphatic rings. The van der Waals surface area contributed by atoms with Gasteiger partial charge in [-0.05, 0) is 0 Å². The molecule has 0 spiro atoms. The zero-order valence-corrected chi connectivity index (χ0v) is 4.19. The van der Waals surface area contributed by atoms with Crippen LogP contribution in [0, 0.1) is 0 Å². The molecule has 7 heavy (non-hydrogen) atoms. The third-order valence-electron chi connectivity index (χ3n) is 0.818. The first-order chi connectivity index (χ1) is 3.43.